The highest BCUT2D eigenvalue weighted by atomic mass is 32.1. The van der Waals surface area contributed by atoms with E-state index in [-0.39, 0.29) is 11.9 Å². The first-order chi connectivity index (χ1) is 11.2. The van der Waals surface area contributed by atoms with Crippen molar-refractivity contribution in [1.29, 1.82) is 0 Å². The molecule has 0 unspecified atom stereocenters. The Balaban J connectivity index is 1.50. The van der Waals surface area contributed by atoms with Crippen LogP contribution in [0.4, 0.5) is 15.6 Å². The molecule has 2 N–H and O–H groups in total. The Morgan fingerprint density at radius 1 is 1.35 bits per heavy atom. The number of hydrogen-bond acceptors (Lipinski definition) is 5. The van der Waals surface area contributed by atoms with Gasteiger partial charge in [-0.3, -0.25) is 15.0 Å². The number of amides is 3. The second kappa shape index (κ2) is 5.62. The summed E-state index contributed by atoms with van der Waals surface area (Å²) in [5, 5.41) is 15.2. The van der Waals surface area contributed by atoms with E-state index in [1.54, 1.807) is 23.1 Å². The molecular formula is C15H15N5O2S. The molecule has 7 nitrogen and oxygen atoms in total. The Morgan fingerprint density at radius 3 is 2.96 bits per heavy atom. The summed E-state index contributed by atoms with van der Waals surface area (Å²) in [6, 6.07) is 6.88. The molecule has 0 atom stereocenters. The van der Waals surface area contributed by atoms with E-state index >= 15 is 0 Å². The van der Waals surface area contributed by atoms with Gasteiger partial charge < -0.3 is 5.32 Å². The molecule has 0 spiro atoms. The number of benzene rings is 1. The summed E-state index contributed by atoms with van der Waals surface area (Å²) in [5.74, 6) is 0.278. The third-order valence-corrected chi connectivity index (χ3v) is 4.87. The Labute approximate surface area is 136 Å². The van der Waals surface area contributed by atoms with E-state index < -0.39 is 0 Å². The van der Waals surface area contributed by atoms with E-state index in [0.29, 0.717) is 35.4 Å². The van der Waals surface area contributed by atoms with Crippen molar-refractivity contribution in [2.24, 2.45) is 0 Å². The molecule has 1 saturated carbocycles. The topological polar surface area (TPSA) is 87.2 Å². The van der Waals surface area contributed by atoms with Crippen molar-refractivity contribution in [2.45, 2.75) is 18.8 Å². The number of nitrogens with zero attached hydrogens (tertiary/aromatic N) is 3. The number of anilines is 2. The SMILES string of the molecule is O=C(Nc1nnc(C2CC2)s1)c1cccc(N2CCNC2=O)c1. The quantitative estimate of drug-likeness (QED) is 0.900. The Kier molecular flexibility index (Phi) is 3.45. The van der Waals surface area contributed by atoms with E-state index in [1.807, 2.05) is 6.07 Å². The van der Waals surface area contributed by atoms with Gasteiger partial charge in [-0.1, -0.05) is 17.4 Å². The van der Waals surface area contributed by atoms with Gasteiger partial charge in [-0.2, -0.15) is 0 Å². The lowest BCUT2D eigenvalue weighted by atomic mass is 10.2. The van der Waals surface area contributed by atoms with E-state index in [9.17, 15) is 9.59 Å². The molecule has 2 heterocycles. The molecule has 0 bridgehead atoms. The molecule has 1 aliphatic carbocycles. The number of rotatable bonds is 4. The molecule has 1 saturated heterocycles. The molecule has 2 aromatic rings. The average molecular weight is 329 g/mol. The largest absolute Gasteiger partial charge is 0.336 e. The lowest BCUT2D eigenvalue weighted by molar-refractivity contribution is 0.102. The minimum absolute atomic E-state index is 0.138. The fourth-order valence-electron chi connectivity index (χ4n) is 2.48. The van der Waals surface area contributed by atoms with Crippen molar-refractivity contribution in [3.8, 4) is 0 Å². The highest BCUT2D eigenvalue weighted by Crippen LogP contribution is 2.42. The number of urea groups is 1. The predicted octanol–water partition coefficient (Wildman–Crippen LogP) is 2.20. The first-order valence-electron chi connectivity index (χ1n) is 7.51. The molecule has 3 amide bonds. The first kappa shape index (κ1) is 14.1. The molecule has 8 heteroatoms. The molecule has 1 aliphatic heterocycles. The maximum atomic E-state index is 12.4. The fraction of sp³-hybridized carbons (Fsp3) is 0.333. The molecule has 2 fully saturated rings. The molecular weight excluding hydrogens is 314 g/mol. The minimum Gasteiger partial charge on any atom is -0.336 e. The van der Waals surface area contributed by atoms with E-state index in [1.165, 1.54) is 11.3 Å². The van der Waals surface area contributed by atoms with Gasteiger partial charge in [0.15, 0.2) is 0 Å². The van der Waals surface area contributed by atoms with Crippen LogP contribution in [0.25, 0.3) is 0 Å². The molecule has 1 aromatic heterocycles. The number of hydrogen-bond donors (Lipinski definition) is 2. The van der Waals surface area contributed by atoms with Crippen LogP contribution < -0.4 is 15.5 Å². The van der Waals surface area contributed by atoms with Gasteiger partial charge in [-0.25, -0.2) is 4.79 Å². The Hall–Kier alpha value is -2.48. The smallest absolute Gasteiger partial charge is 0.321 e. The summed E-state index contributed by atoms with van der Waals surface area (Å²) in [4.78, 5) is 25.7. The standard InChI is InChI=1S/C15H15N5O2S/c21-12(17-14-19-18-13(23-14)9-4-5-9)10-2-1-3-11(8-10)20-7-6-16-15(20)22/h1-3,8-9H,4-7H2,(H,16,22)(H,17,19,21). The zero-order valence-electron chi connectivity index (χ0n) is 12.3. The number of aromatic nitrogens is 2. The second-order valence-corrected chi connectivity index (χ2v) is 6.62. The van der Waals surface area contributed by atoms with Crippen molar-refractivity contribution in [3.63, 3.8) is 0 Å². The zero-order valence-corrected chi connectivity index (χ0v) is 13.1. The van der Waals surface area contributed by atoms with Crippen molar-refractivity contribution in [3.05, 3.63) is 34.8 Å². The number of carbonyl (C=O) groups excluding carboxylic acids is 2. The molecule has 23 heavy (non-hydrogen) atoms. The highest BCUT2D eigenvalue weighted by molar-refractivity contribution is 7.15. The van der Waals surface area contributed by atoms with Gasteiger partial charge >= 0.3 is 6.03 Å². The highest BCUT2D eigenvalue weighted by Gasteiger charge is 2.28. The second-order valence-electron chi connectivity index (χ2n) is 5.61. The van der Waals surface area contributed by atoms with Gasteiger partial charge in [-0.05, 0) is 31.0 Å². The van der Waals surface area contributed by atoms with Crippen LogP contribution in [0.2, 0.25) is 0 Å². The summed E-state index contributed by atoms with van der Waals surface area (Å²) < 4.78 is 0. The Morgan fingerprint density at radius 2 is 2.22 bits per heavy atom. The maximum absolute atomic E-state index is 12.4. The Bertz CT molecular complexity index is 771. The van der Waals surface area contributed by atoms with Crippen LogP contribution in [0, 0.1) is 0 Å². The van der Waals surface area contributed by atoms with Gasteiger partial charge in [0.25, 0.3) is 5.91 Å². The van der Waals surface area contributed by atoms with E-state index in [4.69, 9.17) is 0 Å². The molecule has 118 valence electrons. The number of nitrogens with one attached hydrogen (secondary N) is 2. The van der Waals surface area contributed by atoms with Gasteiger partial charge in [0.1, 0.15) is 5.01 Å². The summed E-state index contributed by atoms with van der Waals surface area (Å²) in [5.41, 5.74) is 1.20. The van der Waals surface area contributed by atoms with Crippen molar-refractivity contribution < 1.29 is 9.59 Å². The summed E-state index contributed by atoms with van der Waals surface area (Å²) >= 11 is 1.43. The van der Waals surface area contributed by atoms with Gasteiger partial charge in [0.2, 0.25) is 5.13 Å². The van der Waals surface area contributed by atoms with Crippen LogP contribution in [-0.2, 0) is 0 Å². The van der Waals surface area contributed by atoms with E-state index in [2.05, 4.69) is 20.8 Å². The van der Waals surface area contributed by atoms with Crippen molar-refractivity contribution >= 4 is 34.1 Å². The monoisotopic (exact) mass is 329 g/mol. The van der Waals surface area contributed by atoms with Crippen molar-refractivity contribution in [1.82, 2.24) is 15.5 Å². The van der Waals surface area contributed by atoms with Crippen LogP contribution in [0.15, 0.2) is 24.3 Å². The fourth-order valence-corrected chi connectivity index (χ4v) is 3.39. The molecule has 4 rings (SSSR count). The molecule has 0 radical (unpaired) electrons. The third-order valence-electron chi connectivity index (χ3n) is 3.86. The normalized spacial score (nSPS) is 17.2. The van der Waals surface area contributed by atoms with Gasteiger partial charge in [-0.15, -0.1) is 10.2 Å². The van der Waals surface area contributed by atoms with Crippen LogP contribution in [0.5, 0.6) is 0 Å². The summed E-state index contributed by atoms with van der Waals surface area (Å²) in [6.45, 7) is 1.22. The van der Waals surface area contributed by atoms with Crippen molar-refractivity contribution in [2.75, 3.05) is 23.3 Å². The summed E-state index contributed by atoms with van der Waals surface area (Å²) in [7, 11) is 0. The first-order valence-corrected chi connectivity index (χ1v) is 8.32. The maximum Gasteiger partial charge on any atom is 0.321 e. The summed E-state index contributed by atoms with van der Waals surface area (Å²) in [6.07, 6.45) is 2.31. The van der Waals surface area contributed by atoms with Crippen LogP contribution >= 0.6 is 11.3 Å². The number of carbonyl (C=O) groups is 2. The molecule has 1 aromatic carbocycles. The van der Waals surface area contributed by atoms with E-state index in [0.717, 1.165) is 17.8 Å². The van der Waals surface area contributed by atoms with Crippen LogP contribution in [0.3, 0.4) is 0 Å². The lowest BCUT2D eigenvalue weighted by Gasteiger charge is -2.14. The van der Waals surface area contributed by atoms with Crippen LogP contribution in [-0.4, -0.2) is 35.2 Å². The van der Waals surface area contributed by atoms with Crippen LogP contribution in [0.1, 0.15) is 34.1 Å². The minimum atomic E-state index is -0.245. The van der Waals surface area contributed by atoms with Gasteiger partial charge in [0.05, 0.1) is 0 Å². The zero-order chi connectivity index (χ0) is 15.8. The van der Waals surface area contributed by atoms with Gasteiger partial charge in [0, 0.05) is 30.3 Å². The average Bonchev–Trinajstić information content (AvgIpc) is 3.16. The lowest BCUT2D eigenvalue weighted by Crippen LogP contribution is -2.27. The molecule has 2 aliphatic rings. The third kappa shape index (κ3) is 2.89. The predicted molar refractivity (Wildman–Crippen MR) is 87.0 cm³/mol.